The Bertz CT molecular complexity index is 328. The van der Waals surface area contributed by atoms with Crippen molar-refractivity contribution in [1.82, 2.24) is 0 Å². The van der Waals surface area contributed by atoms with E-state index >= 15 is 0 Å². The molecule has 0 aromatic heterocycles. The second-order valence-corrected chi connectivity index (χ2v) is 3.85. The molecule has 0 radical (unpaired) electrons. The van der Waals surface area contributed by atoms with Crippen molar-refractivity contribution in [1.29, 1.82) is 0 Å². The first-order valence-corrected chi connectivity index (χ1v) is 4.82. The molecule has 0 amide bonds. The van der Waals surface area contributed by atoms with Crippen LogP contribution in [0.15, 0.2) is 24.3 Å². The smallest absolute Gasteiger partial charge is 0.493 e. The van der Waals surface area contributed by atoms with Crippen molar-refractivity contribution in [3.05, 3.63) is 24.3 Å². The summed E-state index contributed by atoms with van der Waals surface area (Å²) in [5.74, 6) is 0.574. The van der Waals surface area contributed by atoms with Gasteiger partial charge in [-0.15, -0.1) is 5.46 Å². The van der Waals surface area contributed by atoms with Gasteiger partial charge in [0.05, 0.1) is 6.61 Å². The molecule has 84 valence electrons. The van der Waals surface area contributed by atoms with Gasteiger partial charge in [0.2, 0.25) is 0 Å². The van der Waals surface area contributed by atoms with Crippen LogP contribution in [-0.4, -0.2) is 13.6 Å². The monoisotopic (exact) mass is 256 g/mol. The molecule has 1 aromatic carbocycles. The molecule has 0 fully saturated rings. The van der Waals surface area contributed by atoms with Crippen LogP contribution < -0.4 is 61.6 Å². The van der Waals surface area contributed by atoms with Crippen LogP contribution in [0.1, 0.15) is 13.8 Å². The first-order chi connectivity index (χ1) is 6.89. The van der Waals surface area contributed by atoms with Gasteiger partial charge in [-0.2, -0.15) is 0 Å². The second-order valence-electron chi connectivity index (χ2n) is 3.85. The zero-order valence-electron chi connectivity index (χ0n) is 9.71. The quantitative estimate of drug-likeness (QED) is 0.677. The summed E-state index contributed by atoms with van der Waals surface area (Å²) in [6.45, 7) is -0.626. The van der Waals surface area contributed by atoms with E-state index in [4.69, 9.17) is 4.74 Å². The summed E-state index contributed by atoms with van der Waals surface area (Å²) in [5.41, 5.74) is -0.615. The van der Waals surface area contributed by atoms with E-state index in [0.29, 0.717) is 12.5 Å². The van der Waals surface area contributed by atoms with E-state index in [0.717, 1.165) is 12.1 Å². The predicted octanol–water partition coefficient (Wildman–Crippen LogP) is -0.220. The minimum Gasteiger partial charge on any atom is -0.493 e. The first-order valence-electron chi connectivity index (χ1n) is 4.82. The molecule has 0 atom stereocenters. The van der Waals surface area contributed by atoms with Crippen molar-refractivity contribution in [2.45, 2.75) is 13.8 Å². The third-order valence-corrected chi connectivity index (χ3v) is 1.82. The molecule has 16 heavy (non-hydrogen) atoms. The van der Waals surface area contributed by atoms with Gasteiger partial charge in [0.25, 0.3) is 0 Å². The number of hydrogen-bond donors (Lipinski definition) is 0. The summed E-state index contributed by atoms with van der Waals surface area (Å²) in [4.78, 5) is 0. The summed E-state index contributed by atoms with van der Waals surface area (Å²) < 4.78 is 42.3. The standard InChI is InChI=1S/C10H13BF3O.K/c1-8(2)7-15-10-5-3-4-9(6-10)11(12,13)14;/h3-6,8H,7H2,1-2H3;/q-1;+1. The largest absolute Gasteiger partial charge is 1.00 e. The zero-order valence-corrected chi connectivity index (χ0v) is 12.8. The van der Waals surface area contributed by atoms with E-state index in [1.54, 1.807) is 0 Å². The summed E-state index contributed by atoms with van der Waals surface area (Å²) in [5, 5.41) is 0. The Kier molecular flexibility index (Phi) is 7.28. The number of rotatable bonds is 4. The third kappa shape index (κ3) is 5.72. The molecular weight excluding hydrogens is 243 g/mol. The van der Waals surface area contributed by atoms with Gasteiger partial charge in [-0.05, 0) is 18.1 Å². The Morgan fingerprint density at radius 3 is 2.38 bits per heavy atom. The van der Waals surface area contributed by atoms with Crippen LogP contribution in [0.5, 0.6) is 5.75 Å². The summed E-state index contributed by atoms with van der Waals surface area (Å²) in [7, 11) is 0. The van der Waals surface area contributed by atoms with Gasteiger partial charge in [0, 0.05) is 0 Å². The Morgan fingerprint density at radius 2 is 1.88 bits per heavy atom. The van der Waals surface area contributed by atoms with Crippen LogP contribution >= 0.6 is 0 Å². The second kappa shape index (κ2) is 7.06. The minimum absolute atomic E-state index is 0. The summed E-state index contributed by atoms with van der Waals surface area (Å²) in [6.07, 6.45) is 0. The van der Waals surface area contributed by atoms with Crippen LogP contribution in [0, 0.1) is 5.92 Å². The van der Waals surface area contributed by atoms with Gasteiger partial charge in [-0.25, -0.2) is 0 Å². The molecule has 0 unspecified atom stereocenters. The van der Waals surface area contributed by atoms with E-state index in [9.17, 15) is 12.9 Å². The minimum atomic E-state index is -4.93. The van der Waals surface area contributed by atoms with Gasteiger partial charge >= 0.3 is 58.4 Å². The Morgan fingerprint density at radius 1 is 1.25 bits per heavy atom. The summed E-state index contributed by atoms with van der Waals surface area (Å²) >= 11 is 0. The fourth-order valence-corrected chi connectivity index (χ4v) is 1.07. The molecule has 6 heteroatoms. The maximum atomic E-state index is 12.4. The fourth-order valence-electron chi connectivity index (χ4n) is 1.07. The Labute approximate surface area is 136 Å². The van der Waals surface area contributed by atoms with Crippen molar-refractivity contribution >= 4 is 12.4 Å². The van der Waals surface area contributed by atoms with Gasteiger partial charge in [-0.3, -0.25) is 0 Å². The van der Waals surface area contributed by atoms with Crippen molar-refractivity contribution in [2.75, 3.05) is 6.61 Å². The van der Waals surface area contributed by atoms with Crippen LogP contribution in [0.3, 0.4) is 0 Å². The fraction of sp³-hybridized carbons (Fsp3) is 0.400. The maximum absolute atomic E-state index is 12.4. The van der Waals surface area contributed by atoms with Gasteiger partial charge in [-0.1, -0.05) is 26.0 Å². The molecule has 0 aliphatic rings. The van der Waals surface area contributed by atoms with E-state index in [2.05, 4.69) is 0 Å². The molecule has 1 nitrogen and oxygen atoms in total. The third-order valence-electron chi connectivity index (χ3n) is 1.82. The Hall–Kier alpha value is 0.511. The van der Waals surface area contributed by atoms with E-state index < -0.39 is 12.4 Å². The topological polar surface area (TPSA) is 9.23 Å². The molecule has 0 heterocycles. The average molecular weight is 256 g/mol. The number of halogens is 3. The zero-order chi connectivity index (χ0) is 11.5. The molecule has 0 aliphatic carbocycles. The van der Waals surface area contributed by atoms with Crippen LogP contribution in [-0.2, 0) is 0 Å². The molecule has 0 saturated carbocycles. The van der Waals surface area contributed by atoms with Crippen molar-refractivity contribution in [3.8, 4) is 5.75 Å². The van der Waals surface area contributed by atoms with Crippen molar-refractivity contribution < 1.29 is 69.1 Å². The normalized spacial score (nSPS) is 11.1. The molecule has 0 spiro atoms. The SMILES string of the molecule is CC(C)COc1cccc([B-](F)(F)F)c1.[K+]. The molecule has 0 aliphatic heterocycles. The van der Waals surface area contributed by atoms with Crippen molar-refractivity contribution in [3.63, 3.8) is 0 Å². The molecular formula is C10H13BF3KO. The molecule has 0 saturated heterocycles. The number of benzene rings is 1. The van der Waals surface area contributed by atoms with Gasteiger partial charge < -0.3 is 17.7 Å². The van der Waals surface area contributed by atoms with E-state index in [1.807, 2.05) is 13.8 Å². The Balaban J connectivity index is 0.00000225. The average Bonchev–Trinajstić information content (AvgIpc) is 2.14. The molecule has 1 rings (SSSR count). The predicted molar refractivity (Wildman–Crippen MR) is 55.5 cm³/mol. The number of hydrogen-bond acceptors (Lipinski definition) is 1. The van der Waals surface area contributed by atoms with Crippen molar-refractivity contribution in [2.24, 2.45) is 5.92 Å². The van der Waals surface area contributed by atoms with Crippen LogP contribution in [0.2, 0.25) is 0 Å². The maximum Gasteiger partial charge on any atom is 1.00 e. The van der Waals surface area contributed by atoms with Gasteiger partial charge in [0.15, 0.2) is 0 Å². The molecule has 1 aromatic rings. The summed E-state index contributed by atoms with van der Waals surface area (Å²) in [6, 6.07) is 5.00. The number of ether oxygens (including phenoxy) is 1. The van der Waals surface area contributed by atoms with Gasteiger partial charge in [0.1, 0.15) is 5.75 Å². The van der Waals surface area contributed by atoms with Crippen LogP contribution in [0.25, 0.3) is 0 Å². The molecule has 0 N–H and O–H groups in total. The van der Waals surface area contributed by atoms with E-state index in [-0.39, 0.29) is 57.1 Å². The van der Waals surface area contributed by atoms with Crippen LogP contribution in [0.4, 0.5) is 12.9 Å². The van der Waals surface area contributed by atoms with E-state index in [1.165, 1.54) is 12.1 Å². The first kappa shape index (κ1) is 16.5. The molecule has 0 bridgehead atoms.